The van der Waals surface area contributed by atoms with Gasteiger partial charge in [0, 0.05) is 18.7 Å². The fourth-order valence-corrected chi connectivity index (χ4v) is 2.58. The van der Waals surface area contributed by atoms with Gasteiger partial charge < -0.3 is 11.1 Å². The van der Waals surface area contributed by atoms with E-state index in [2.05, 4.69) is 5.32 Å². The van der Waals surface area contributed by atoms with Crippen LogP contribution >= 0.6 is 0 Å². The third kappa shape index (κ3) is 4.88. The minimum atomic E-state index is -3.67. The van der Waals surface area contributed by atoms with E-state index in [4.69, 9.17) is 10.9 Å². The van der Waals surface area contributed by atoms with E-state index in [1.807, 2.05) is 12.1 Å². The Bertz CT molecular complexity index is 769. The number of carbonyl (C=O) groups excluding carboxylic acids is 1. The van der Waals surface area contributed by atoms with Crippen LogP contribution < -0.4 is 16.2 Å². The zero-order valence-electron chi connectivity index (χ0n) is 12.5. The maximum absolute atomic E-state index is 12.0. The fraction of sp³-hybridized carbons (Fsp3) is 0.188. The number of hydrogen-bond donors (Lipinski definition) is 3. The number of amides is 1. The van der Waals surface area contributed by atoms with Gasteiger partial charge in [0.1, 0.15) is 0 Å². The number of nitrogens with two attached hydrogens (primary N) is 2. The van der Waals surface area contributed by atoms with Gasteiger partial charge in [0.25, 0.3) is 5.91 Å². The monoisotopic (exact) mass is 333 g/mol. The van der Waals surface area contributed by atoms with Gasteiger partial charge in [-0.05, 0) is 41.8 Å². The molecule has 122 valence electrons. The summed E-state index contributed by atoms with van der Waals surface area (Å²) in [4.78, 5) is 12.1. The smallest absolute Gasteiger partial charge is 0.251 e. The zero-order valence-corrected chi connectivity index (χ0v) is 13.3. The molecule has 5 N–H and O–H groups in total. The molecule has 0 aliphatic heterocycles. The van der Waals surface area contributed by atoms with Gasteiger partial charge >= 0.3 is 0 Å². The highest BCUT2D eigenvalue weighted by Crippen LogP contribution is 2.09. The summed E-state index contributed by atoms with van der Waals surface area (Å²) in [5.74, 6) is -0.158. The van der Waals surface area contributed by atoms with Crippen LogP contribution in [-0.2, 0) is 23.0 Å². The van der Waals surface area contributed by atoms with E-state index < -0.39 is 10.0 Å². The standard InChI is InChI=1S/C16H19N3O3S/c17-11-13-1-5-14(6-2-13)16(20)19-10-9-12-3-7-15(8-4-12)23(18,21)22/h1-8H,9-11,17H2,(H,19,20)(H2,18,21,22). The van der Waals surface area contributed by atoms with Crippen molar-refractivity contribution in [1.82, 2.24) is 5.32 Å². The van der Waals surface area contributed by atoms with Crippen LogP contribution in [0.4, 0.5) is 0 Å². The summed E-state index contributed by atoms with van der Waals surface area (Å²) in [7, 11) is -3.67. The highest BCUT2D eigenvalue weighted by molar-refractivity contribution is 7.89. The highest BCUT2D eigenvalue weighted by Gasteiger charge is 2.07. The second kappa shape index (κ2) is 7.36. The summed E-state index contributed by atoms with van der Waals surface area (Å²) in [6.45, 7) is 0.891. The lowest BCUT2D eigenvalue weighted by molar-refractivity contribution is 0.0954. The lowest BCUT2D eigenvalue weighted by atomic mass is 10.1. The van der Waals surface area contributed by atoms with Gasteiger partial charge in [-0.25, -0.2) is 13.6 Å². The van der Waals surface area contributed by atoms with Gasteiger partial charge in [0.15, 0.2) is 0 Å². The third-order valence-corrected chi connectivity index (χ3v) is 4.33. The molecule has 7 heteroatoms. The first-order valence-electron chi connectivity index (χ1n) is 7.09. The van der Waals surface area contributed by atoms with Crippen LogP contribution in [0.5, 0.6) is 0 Å². The molecule has 6 nitrogen and oxygen atoms in total. The van der Waals surface area contributed by atoms with Gasteiger partial charge in [-0.15, -0.1) is 0 Å². The number of rotatable bonds is 6. The molecule has 0 unspecified atom stereocenters. The number of nitrogens with one attached hydrogen (secondary N) is 1. The molecular formula is C16H19N3O3S. The Morgan fingerprint density at radius 3 is 2.04 bits per heavy atom. The maximum Gasteiger partial charge on any atom is 0.251 e. The van der Waals surface area contributed by atoms with Crippen molar-refractivity contribution in [1.29, 1.82) is 0 Å². The van der Waals surface area contributed by atoms with Crippen molar-refractivity contribution in [3.8, 4) is 0 Å². The van der Waals surface area contributed by atoms with Gasteiger partial charge in [0.2, 0.25) is 10.0 Å². The van der Waals surface area contributed by atoms with E-state index in [9.17, 15) is 13.2 Å². The van der Waals surface area contributed by atoms with Crippen molar-refractivity contribution >= 4 is 15.9 Å². The van der Waals surface area contributed by atoms with Crippen LogP contribution in [-0.4, -0.2) is 20.9 Å². The molecule has 0 heterocycles. The molecule has 0 atom stereocenters. The average molecular weight is 333 g/mol. The molecule has 2 aromatic rings. The van der Waals surface area contributed by atoms with Crippen molar-refractivity contribution in [3.05, 3.63) is 65.2 Å². The van der Waals surface area contributed by atoms with Crippen LogP contribution in [0.3, 0.4) is 0 Å². The van der Waals surface area contributed by atoms with Crippen LogP contribution in [0.15, 0.2) is 53.4 Å². The molecule has 23 heavy (non-hydrogen) atoms. The number of sulfonamides is 1. The Kier molecular flexibility index (Phi) is 5.49. The Hall–Kier alpha value is -2.22. The minimum absolute atomic E-state index is 0.0743. The zero-order chi connectivity index (χ0) is 16.9. The number of primary sulfonamides is 1. The fourth-order valence-electron chi connectivity index (χ4n) is 2.06. The molecular weight excluding hydrogens is 314 g/mol. The van der Waals surface area contributed by atoms with E-state index in [1.54, 1.807) is 24.3 Å². The topological polar surface area (TPSA) is 115 Å². The number of carbonyl (C=O) groups is 1. The molecule has 2 aromatic carbocycles. The van der Waals surface area contributed by atoms with E-state index >= 15 is 0 Å². The van der Waals surface area contributed by atoms with Gasteiger partial charge in [-0.2, -0.15) is 0 Å². The van der Waals surface area contributed by atoms with Crippen molar-refractivity contribution in [2.24, 2.45) is 10.9 Å². The van der Waals surface area contributed by atoms with E-state index in [0.29, 0.717) is 25.1 Å². The molecule has 0 radical (unpaired) electrons. The normalized spacial score (nSPS) is 11.2. The Balaban J connectivity index is 1.87. The largest absolute Gasteiger partial charge is 0.352 e. The van der Waals surface area contributed by atoms with Gasteiger partial charge in [0.05, 0.1) is 4.90 Å². The second-order valence-corrected chi connectivity index (χ2v) is 6.66. The Morgan fingerprint density at radius 1 is 0.957 bits per heavy atom. The molecule has 0 saturated carbocycles. The van der Waals surface area contributed by atoms with Gasteiger partial charge in [-0.1, -0.05) is 24.3 Å². The molecule has 2 rings (SSSR count). The van der Waals surface area contributed by atoms with Crippen LogP contribution in [0.25, 0.3) is 0 Å². The molecule has 0 aromatic heterocycles. The Morgan fingerprint density at radius 2 is 1.52 bits per heavy atom. The van der Waals surface area contributed by atoms with Crippen molar-refractivity contribution in [2.45, 2.75) is 17.9 Å². The first-order chi connectivity index (χ1) is 10.9. The SMILES string of the molecule is NCc1ccc(C(=O)NCCc2ccc(S(N)(=O)=O)cc2)cc1. The van der Waals surface area contributed by atoms with Gasteiger partial charge in [-0.3, -0.25) is 4.79 Å². The molecule has 0 spiro atoms. The molecule has 1 amide bonds. The molecule has 0 aliphatic rings. The second-order valence-electron chi connectivity index (χ2n) is 5.10. The summed E-state index contributed by atoms with van der Waals surface area (Å²) in [5, 5.41) is 7.86. The summed E-state index contributed by atoms with van der Waals surface area (Å²) in [6, 6.07) is 13.4. The predicted molar refractivity (Wildman–Crippen MR) is 88.2 cm³/mol. The number of benzene rings is 2. The van der Waals surface area contributed by atoms with E-state index in [1.165, 1.54) is 12.1 Å². The highest BCUT2D eigenvalue weighted by atomic mass is 32.2. The lowest BCUT2D eigenvalue weighted by Gasteiger charge is -2.07. The van der Waals surface area contributed by atoms with Crippen molar-refractivity contribution in [3.63, 3.8) is 0 Å². The van der Waals surface area contributed by atoms with Crippen molar-refractivity contribution < 1.29 is 13.2 Å². The minimum Gasteiger partial charge on any atom is -0.352 e. The summed E-state index contributed by atoms with van der Waals surface area (Å²) >= 11 is 0. The maximum atomic E-state index is 12.0. The Labute approximate surface area is 135 Å². The molecule has 0 bridgehead atoms. The molecule has 0 saturated heterocycles. The van der Waals surface area contributed by atoms with Crippen molar-refractivity contribution in [2.75, 3.05) is 6.54 Å². The predicted octanol–water partition coefficient (Wildman–Crippen LogP) is 0.765. The molecule has 0 fully saturated rings. The van der Waals surface area contributed by atoms with Crippen LogP contribution in [0.2, 0.25) is 0 Å². The summed E-state index contributed by atoms with van der Waals surface area (Å²) < 4.78 is 22.3. The summed E-state index contributed by atoms with van der Waals surface area (Å²) in [5.41, 5.74) is 7.97. The quantitative estimate of drug-likeness (QED) is 0.724. The average Bonchev–Trinajstić information content (AvgIpc) is 2.54. The summed E-state index contributed by atoms with van der Waals surface area (Å²) in [6.07, 6.45) is 0.595. The van der Waals surface area contributed by atoms with E-state index in [-0.39, 0.29) is 10.8 Å². The first kappa shape index (κ1) is 17.1. The first-order valence-corrected chi connectivity index (χ1v) is 8.64. The third-order valence-electron chi connectivity index (χ3n) is 3.40. The number of hydrogen-bond acceptors (Lipinski definition) is 4. The molecule has 0 aliphatic carbocycles. The van der Waals surface area contributed by atoms with Crippen LogP contribution in [0, 0.1) is 0 Å². The van der Waals surface area contributed by atoms with E-state index in [0.717, 1.165) is 11.1 Å². The van der Waals surface area contributed by atoms with Crippen LogP contribution in [0.1, 0.15) is 21.5 Å². The lowest BCUT2D eigenvalue weighted by Crippen LogP contribution is -2.25.